The van der Waals surface area contributed by atoms with Crippen LogP contribution in [-0.4, -0.2) is 176 Å². The number of nitrogens with two attached hydrogens (primary N) is 1. The van der Waals surface area contributed by atoms with E-state index < -0.39 is 65.3 Å². The van der Waals surface area contributed by atoms with Gasteiger partial charge >= 0.3 is 11.9 Å². The fourth-order valence-corrected chi connectivity index (χ4v) is 9.23. The topological polar surface area (TPSA) is 473 Å². The molecular formula is C60H63BrN18O15. The van der Waals surface area contributed by atoms with Crippen LogP contribution >= 0.6 is 15.9 Å². The molecule has 2 atom stereocenters. The van der Waals surface area contributed by atoms with Crippen LogP contribution in [0.4, 0.5) is 11.4 Å². The number of esters is 1. The minimum atomic E-state index is -0.968. The maximum absolute atomic E-state index is 13.1. The molecule has 34 heteroatoms. The predicted octanol–water partition coefficient (Wildman–Crippen LogP) is 3.90. The summed E-state index contributed by atoms with van der Waals surface area (Å²) in [6.07, 6.45) is 28.4. The number of aldehydes is 2. The Kier molecular flexibility index (Phi) is 23.7. The van der Waals surface area contributed by atoms with Crippen LogP contribution in [-0.2, 0) is 37.1 Å². The highest BCUT2D eigenvalue weighted by Gasteiger charge is 2.47. The molecule has 4 aliphatic heterocycles. The molecule has 0 spiro atoms. The van der Waals surface area contributed by atoms with E-state index in [4.69, 9.17) is 15.9 Å². The van der Waals surface area contributed by atoms with Crippen LogP contribution in [0, 0.1) is 0 Å². The lowest BCUT2D eigenvalue weighted by Gasteiger charge is -2.27. The number of halogens is 1. The number of hydrogen-bond donors (Lipinski definition) is 10. The van der Waals surface area contributed by atoms with Gasteiger partial charge in [0.1, 0.15) is 12.1 Å². The number of methoxy groups -OCH3 is 1. The summed E-state index contributed by atoms with van der Waals surface area (Å²) in [5.41, 5.74) is 11.0. The number of aromatic carboxylic acids is 1. The zero-order valence-electron chi connectivity index (χ0n) is 50.0. The number of carboxylic acid groups (broad SMARTS) is 1. The number of alkyl halides is 1. The summed E-state index contributed by atoms with van der Waals surface area (Å²) in [6.45, 7) is 0.527. The zero-order valence-corrected chi connectivity index (χ0v) is 51.6. The smallest absolute Gasteiger partial charge is 0.341 e. The van der Waals surface area contributed by atoms with Crippen LogP contribution in [0.2, 0.25) is 0 Å². The van der Waals surface area contributed by atoms with Gasteiger partial charge in [0.05, 0.1) is 107 Å². The number of carboxylic acids is 1. The monoisotopic (exact) mass is 1350 g/mol. The largest absolute Gasteiger partial charge is 0.478 e. The average molecular weight is 1360 g/mol. The van der Waals surface area contributed by atoms with Crippen LogP contribution in [0.25, 0.3) is 0 Å². The molecule has 0 radical (unpaired) electrons. The number of H-pyrrole nitrogens is 4. The first kappa shape index (κ1) is 68.5. The van der Waals surface area contributed by atoms with E-state index in [2.05, 4.69) is 87.6 Å². The van der Waals surface area contributed by atoms with Crippen molar-refractivity contribution >= 4 is 99.1 Å². The summed E-state index contributed by atoms with van der Waals surface area (Å²) in [7, 11) is 1.33. The van der Waals surface area contributed by atoms with Crippen LogP contribution < -0.4 is 21.7 Å². The van der Waals surface area contributed by atoms with Crippen molar-refractivity contribution < 1.29 is 72.5 Å². The van der Waals surface area contributed by atoms with Crippen molar-refractivity contribution in [1.82, 2.24) is 80.8 Å². The van der Waals surface area contributed by atoms with Crippen LogP contribution in [0.15, 0.2) is 111 Å². The van der Waals surface area contributed by atoms with E-state index in [0.717, 1.165) is 51.2 Å². The Balaban J connectivity index is 0.000000150. The lowest BCUT2D eigenvalue weighted by molar-refractivity contribution is -0.137. The number of nitrogen functional groups attached to an aromatic ring is 1. The maximum atomic E-state index is 13.1. The van der Waals surface area contributed by atoms with Gasteiger partial charge in [-0.2, -0.15) is 30.6 Å². The summed E-state index contributed by atoms with van der Waals surface area (Å²) >= 11 is 3.38. The lowest BCUT2D eigenvalue weighted by Crippen LogP contribution is -2.54. The van der Waals surface area contributed by atoms with Crippen molar-refractivity contribution in [3.63, 3.8) is 0 Å². The van der Waals surface area contributed by atoms with Gasteiger partial charge in [0.15, 0.2) is 12.6 Å². The number of hydrogen-bond acceptors (Lipinski definition) is 22. The number of carbonyl (C=O) groups is 12. The number of fused-ring (bicyclic) bond motifs is 2. The SMILES string of the molecule is BrC1CC1.COC(=O)c1cn[nH]c1.Nc1cccc2c1C(=O)N(C1CCC(=O)NC1=O)C2=O.O=C(O)c1cn[nH]c1.O=C1CCC(N2C(=O)c3cccc(NCc4cnn(C5CC5)c4)c3C2=O)C(=O)N1.O=Cc1cn[nH]c1.O=Cc1cnn(C2CC2)c1.OCc1cn[nH]c1. The Morgan fingerprint density at radius 2 is 1.13 bits per heavy atom. The number of aromatic amines is 4. The number of nitrogens with zero attached hydrogens (tertiary/aromatic N) is 10. The number of ether oxygens (including phenoxy) is 1. The van der Waals surface area contributed by atoms with Gasteiger partial charge in [0, 0.05) is 83.9 Å². The predicted molar refractivity (Wildman–Crippen MR) is 330 cm³/mol. The first-order valence-corrected chi connectivity index (χ1v) is 29.9. The van der Waals surface area contributed by atoms with E-state index in [1.165, 1.54) is 82.1 Å². The number of benzene rings is 2. The van der Waals surface area contributed by atoms with Crippen LogP contribution in [0.3, 0.4) is 0 Å². The highest BCUT2D eigenvalue weighted by atomic mass is 79.9. The third-order valence-corrected chi connectivity index (χ3v) is 15.2. The Morgan fingerprint density at radius 1 is 0.617 bits per heavy atom. The van der Waals surface area contributed by atoms with E-state index >= 15 is 0 Å². The third kappa shape index (κ3) is 18.4. The van der Waals surface area contributed by atoms with Crippen molar-refractivity contribution in [1.29, 1.82) is 0 Å². The molecular weight excluding hydrogens is 1290 g/mol. The number of aliphatic hydroxyl groups excluding tert-OH is 1. The average Bonchev–Trinajstić information content (AvgIpc) is 1.62. The molecule has 3 saturated carbocycles. The highest BCUT2D eigenvalue weighted by Crippen LogP contribution is 2.36. The highest BCUT2D eigenvalue weighted by molar-refractivity contribution is 9.09. The third-order valence-electron chi connectivity index (χ3n) is 14.3. The number of carbonyl (C=O) groups excluding carboxylic acids is 11. The zero-order chi connectivity index (χ0) is 67.4. The molecule has 490 valence electrons. The molecule has 94 heavy (non-hydrogen) atoms. The number of aromatic nitrogens is 12. The molecule has 2 aromatic carbocycles. The van der Waals surface area contributed by atoms with Crippen molar-refractivity contribution in [2.24, 2.45) is 0 Å². The van der Waals surface area contributed by atoms with Gasteiger partial charge in [-0.05, 0) is 75.6 Å². The van der Waals surface area contributed by atoms with Crippen LogP contribution in [0.1, 0.15) is 170 Å². The van der Waals surface area contributed by atoms with E-state index in [9.17, 15) is 57.5 Å². The quantitative estimate of drug-likeness (QED) is 0.0272. The standard InChI is InChI=1S/C20H19N5O4.C13H11N3O4.C7H8N2O.C5H6N2O2.C4H4N2O2.C4H6N2O.C4H4N2O.C3H5Br/c26-16-7-6-15(18(27)23-16)25-19(28)13-2-1-3-14(17(13)20(25)29)21-8-11-9-22-24(10-11)12-4-5-12;14-7-3-1-2-6-10(7)13(20)16(12(6)19)8-4-5-9(17)15-11(8)18;10-5-6-3-8-9(4-6)7-1-2-7;1-9-5(8)4-2-6-7-3-4;7-4(8)3-1-5-6-2-3;2*7-3-4-1-5-6-2-4;4-3-1-2-3/h1-3,9-10,12,15,21H,4-8H2,(H,23,26,27);1-3,8H,4-5,14H2,(H,15,17,18);3-5,7H,1-2H2;2-3H,1H3,(H,6,7);1-2H,(H,5,6)(H,7,8);1-2,7H,3H2,(H,5,6);1-3H,(H,5,6);3H,1-2H2. The Morgan fingerprint density at radius 3 is 1.55 bits per heavy atom. The number of piperidine rings is 2. The second-order valence-electron chi connectivity index (χ2n) is 21.3. The van der Waals surface area contributed by atoms with Crippen molar-refractivity contribution in [2.75, 3.05) is 18.2 Å². The minimum Gasteiger partial charge on any atom is -0.478 e. The number of rotatable bonds is 12. The van der Waals surface area contributed by atoms with Gasteiger partial charge in [-0.3, -0.25) is 98.1 Å². The molecule has 6 aromatic heterocycles. The molecule has 2 saturated heterocycles. The fraction of sp³-hybridized carbons (Fsp3) is 0.300. The summed E-state index contributed by atoms with van der Waals surface area (Å²) in [5, 5.41) is 56.6. The number of nitrogens with one attached hydrogen (secondary N) is 7. The second kappa shape index (κ2) is 32.5. The fourth-order valence-electron chi connectivity index (χ4n) is 8.96. The summed E-state index contributed by atoms with van der Waals surface area (Å²) in [4.78, 5) is 140. The molecule has 8 aromatic rings. The first-order valence-electron chi connectivity index (χ1n) is 29.0. The molecule has 15 rings (SSSR count). The molecule has 33 nitrogen and oxygen atoms in total. The lowest BCUT2D eigenvalue weighted by atomic mass is 10.0. The molecule has 8 amide bonds. The molecule has 7 aliphatic rings. The maximum Gasteiger partial charge on any atom is 0.341 e. The summed E-state index contributed by atoms with van der Waals surface area (Å²) in [6, 6.07) is 8.77. The van der Waals surface area contributed by atoms with E-state index in [0.29, 0.717) is 41.0 Å². The minimum absolute atomic E-state index is 0.0660. The van der Waals surface area contributed by atoms with E-state index in [1.807, 2.05) is 15.6 Å². The molecule has 0 bridgehead atoms. The Bertz CT molecular complexity index is 3990. The van der Waals surface area contributed by atoms with Gasteiger partial charge < -0.3 is 26.0 Å². The summed E-state index contributed by atoms with van der Waals surface area (Å²) < 4.78 is 8.21. The van der Waals surface area contributed by atoms with Gasteiger partial charge in [-0.1, -0.05) is 28.1 Å². The van der Waals surface area contributed by atoms with Crippen molar-refractivity contribution in [2.45, 2.75) is 106 Å². The van der Waals surface area contributed by atoms with Gasteiger partial charge in [-0.15, -0.1) is 0 Å². The van der Waals surface area contributed by atoms with Crippen LogP contribution in [0.5, 0.6) is 0 Å². The first-order chi connectivity index (χ1) is 45.3. The van der Waals surface area contributed by atoms with Crippen molar-refractivity contribution in [3.05, 3.63) is 166 Å². The number of amides is 8. The normalized spacial score (nSPS) is 17.2. The van der Waals surface area contributed by atoms with E-state index in [-0.39, 0.29) is 71.8 Å². The van der Waals surface area contributed by atoms with E-state index in [1.54, 1.807) is 55.2 Å². The van der Waals surface area contributed by atoms with Gasteiger partial charge in [0.2, 0.25) is 23.6 Å². The van der Waals surface area contributed by atoms with Gasteiger partial charge in [0.25, 0.3) is 23.6 Å². The molecule has 3 aliphatic carbocycles. The second-order valence-corrected chi connectivity index (χ2v) is 22.6. The molecule has 11 N–H and O–H groups in total. The Labute approximate surface area is 541 Å². The number of aliphatic hydroxyl groups is 1. The summed E-state index contributed by atoms with van der Waals surface area (Å²) in [5.74, 6) is -5.53. The Hall–Kier alpha value is -11.4. The number of anilines is 2. The van der Waals surface area contributed by atoms with Gasteiger partial charge in [-0.25, -0.2) is 9.59 Å². The van der Waals surface area contributed by atoms with Crippen molar-refractivity contribution in [3.8, 4) is 0 Å². The molecule has 5 fully saturated rings. The number of imide groups is 4. The molecule has 2 unspecified atom stereocenters. The molecule has 10 heterocycles.